The number of hydrogen-bond acceptors (Lipinski definition) is 3. The number of carbonyl (C=O) groups is 1. The van der Waals surface area contributed by atoms with Crippen LogP contribution < -0.4 is 10.6 Å². The molecular weight excluding hydrogens is 190 g/mol. The van der Waals surface area contributed by atoms with Gasteiger partial charge in [-0.1, -0.05) is 6.07 Å². The number of hydrogen-bond donors (Lipinski definition) is 2. The Kier molecular flexibility index (Phi) is 4.24. The lowest BCUT2D eigenvalue weighted by Gasteiger charge is -2.16. The Hall–Kier alpha value is -1.42. The minimum atomic E-state index is -0.184. The van der Waals surface area contributed by atoms with Gasteiger partial charge >= 0.3 is 0 Å². The highest BCUT2D eigenvalue weighted by atomic mass is 16.2. The van der Waals surface area contributed by atoms with Crippen molar-refractivity contribution in [1.29, 1.82) is 0 Å². The summed E-state index contributed by atoms with van der Waals surface area (Å²) < 4.78 is 0. The van der Waals surface area contributed by atoms with Crippen molar-refractivity contribution in [1.82, 2.24) is 15.6 Å². The van der Waals surface area contributed by atoms with E-state index in [2.05, 4.69) is 15.6 Å². The maximum absolute atomic E-state index is 11.6. The predicted molar refractivity (Wildman–Crippen MR) is 59.3 cm³/mol. The maximum Gasteiger partial charge on any atom is 0.237 e. The summed E-state index contributed by atoms with van der Waals surface area (Å²) in [7, 11) is 1.76. The molecule has 0 saturated heterocycles. The van der Waals surface area contributed by atoms with Crippen molar-refractivity contribution in [3.8, 4) is 0 Å². The molecule has 1 aromatic heterocycles. The number of amides is 1. The van der Waals surface area contributed by atoms with Gasteiger partial charge in [0.05, 0.1) is 17.8 Å². The van der Waals surface area contributed by atoms with Gasteiger partial charge in [-0.05, 0) is 33.0 Å². The van der Waals surface area contributed by atoms with Crippen molar-refractivity contribution >= 4 is 5.91 Å². The topological polar surface area (TPSA) is 54.0 Å². The number of rotatable bonds is 4. The molecular formula is C11H17N3O. The predicted octanol–water partition coefficient (Wildman–Crippen LogP) is 0.867. The second kappa shape index (κ2) is 5.46. The Morgan fingerprint density at radius 1 is 1.40 bits per heavy atom. The molecule has 1 heterocycles. The highest BCUT2D eigenvalue weighted by Crippen LogP contribution is 2.07. The van der Waals surface area contributed by atoms with Crippen LogP contribution in [0.3, 0.4) is 0 Å². The van der Waals surface area contributed by atoms with E-state index in [0.717, 1.165) is 5.69 Å². The molecule has 4 nitrogen and oxygen atoms in total. The van der Waals surface area contributed by atoms with Crippen LogP contribution in [0, 0.1) is 0 Å². The van der Waals surface area contributed by atoms with E-state index in [1.165, 1.54) is 0 Å². The van der Waals surface area contributed by atoms with E-state index < -0.39 is 0 Å². The van der Waals surface area contributed by atoms with Crippen LogP contribution in [0.2, 0.25) is 0 Å². The lowest BCUT2D eigenvalue weighted by atomic mass is 10.2. The van der Waals surface area contributed by atoms with Gasteiger partial charge < -0.3 is 10.6 Å². The van der Waals surface area contributed by atoms with E-state index in [9.17, 15) is 4.79 Å². The Balaban J connectivity index is 2.56. The van der Waals surface area contributed by atoms with Crippen molar-refractivity contribution < 1.29 is 4.79 Å². The van der Waals surface area contributed by atoms with E-state index in [0.29, 0.717) is 0 Å². The second-order valence-electron chi connectivity index (χ2n) is 3.50. The van der Waals surface area contributed by atoms with Gasteiger partial charge in [0.25, 0.3) is 0 Å². The molecule has 15 heavy (non-hydrogen) atoms. The highest BCUT2D eigenvalue weighted by Gasteiger charge is 2.14. The van der Waals surface area contributed by atoms with Gasteiger partial charge in [-0.15, -0.1) is 0 Å². The van der Waals surface area contributed by atoms with Crippen molar-refractivity contribution in [2.45, 2.75) is 25.9 Å². The standard InChI is InChI=1S/C11H17N3O/c1-8(10-6-4-5-7-13-10)14-11(15)9(2)12-3/h4-9,12H,1-3H3,(H,14,15)/t8-,9?/m0/s1. The fraction of sp³-hybridized carbons (Fsp3) is 0.455. The molecule has 0 bridgehead atoms. The zero-order valence-corrected chi connectivity index (χ0v) is 9.32. The van der Waals surface area contributed by atoms with Gasteiger partial charge in [0.15, 0.2) is 0 Å². The van der Waals surface area contributed by atoms with Gasteiger partial charge in [-0.3, -0.25) is 9.78 Å². The largest absolute Gasteiger partial charge is 0.347 e. The third-order valence-electron chi connectivity index (χ3n) is 2.32. The van der Waals surface area contributed by atoms with Crippen LogP contribution in [0.25, 0.3) is 0 Å². The summed E-state index contributed by atoms with van der Waals surface area (Å²) in [5.74, 6) is -0.0179. The van der Waals surface area contributed by atoms with E-state index in [4.69, 9.17) is 0 Å². The minimum absolute atomic E-state index is 0.0179. The Bertz CT molecular complexity index is 313. The summed E-state index contributed by atoms with van der Waals surface area (Å²) in [6.07, 6.45) is 1.72. The minimum Gasteiger partial charge on any atom is -0.347 e. The average Bonchev–Trinajstić information content (AvgIpc) is 2.29. The lowest BCUT2D eigenvalue weighted by Crippen LogP contribution is -2.41. The Morgan fingerprint density at radius 2 is 2.13 bits per heavy atom. The molecule has 0 aromatic carbocycles. The zero-order valence-electron chi connectivity index (χ0n) is 9.32. The number of likely N-dealkylation sites (N-methyl/N-ethyl adjacent to an activating group) is 1. The first-order valence-electron chi connectivity index (χ1n) is 5.03. The van der Waals surface area contributed by atoms with Crippen LogP contribution in [-0.2, 0) is 4.79 Å². The molecule has 82 valence electrons. The zero-order chi connectivity index (χ0) is 11.3. The van der Waals surface area contributed by atoms with Crippen LogP contribution in [0.15, 0.2) is 24.4 Å². The molecule has 1 amide bonds. The van der Waals surface area contributed by atoms with Gasteiger partial charge in [-0.2, -0.15) is 0 Å². The third kappa shape index (κ3) is 3.32. The van der Waals surface area contributed by atoms with Crippen molar-refractivity contribution in [3.63, 3.8) is 0 Å². The molecule has 0 spiro atoms. The molecule has 2 N–H and O–H groups in total. The summed E-state index contributed by atoms with van der Waals surface area (Å²) >= 11 is 0. The smallest absolute Gasteiger partial charge is 0.237 e. The molecule has 2 atom stereocenters. The van der Waals surface area contributed by atoms with Crippen molar-refractivity contribution in [3.05, 3.63) is 30.1 Å². The van der Waals surface area contributed by atoms with E-state index in [1.54, 1.807) is 13.2 Å². The molecule has 0 saturated carbocycles. The fourth-order valence-corrected chi connectivity index (χ4v) is 1.18. The van der Waals surface area contributed by atoms with Crippen LogP contribution in [0.4, 0.5) is 0 Å². The first kappa shape index (κ1) is 11.7. The van der Waals surface area contributed by atoms with Gasteiger partial charge in [0, 0.05) is 6.20 Å². The summed E-state index contributed by atoms with van der Waals surface area (Å²) in [6, 6.07) is 5.42. The van der Waals surface area contributed by atoms with Crippen molar-refractivity contribution in [2.75, 3.05) is 7.05 Å². The van der Waals surface area contributed by atoms with E-state index >= 15 is 0 Å². The summed E-state index contributed by atoms with van der Waals surface area (Å²) in [4.78, 5) is 15.7. The monoisotopic (exact) mass is 207 g/mol. The highest BCUT2D eigenvalue weighted by molar-refractivity contribution is 5.81. The Labute approximate surface area is 90.1 Å². The van der Waals surface area contributed by atoms with Gasteiger partial charge in [-0.25, -0.2) is 0 Å². The number of nitrogens with zero attached hydrogens (tertiary/aromatic N) is 1. The van der Waals surface area contributed by atoms with Crippen LogP contribution in [0.5, 0.6) is 0 Å². The molecule has 1 unspecified atom stereocenters. The summed E-state index contributed by atoms with van der Waals surface area (Å²) in [6.45, 7) is 3.74. The van der Waals surface area contributed by atoms with Crippen LogP contribution in [0.1, 0.15) is 25.6 Å². The van der Waals surface area contributed by atoms with Gasteiger partial charge in [0.2, 0.25) is 5.91 Å². The summed E-state index contributed by atoms with van der Waals surface area (Å²) in [5, 5.41) is 5.77. The number of pyridine rings is 1. The van der Waals surface area contributed by atoms with Gasteiger partial charge in [0.1, 0.15) is 0 Å². The molecule has 1 rings (SSSR count). The second-order valence-corrected chi connectivity index (χ2v) is 3.50. The number of nitrogens with one attached hydrogen (secondary N) is 2. The Morgan fingerprint density at radius 3 is 2.67 bits per heavy atom. The quantitative estimate of drug-likeness (QED) is 0.770. The van der Waals surface area contributed by atoms with E-state index in [-0.39, 0.29) is 18.0 Å². The molecule has 0 aliphatic rings. The lowest BCUT2D eigenvalue weighted by molar-refractivity contribution is -0.123. The summed E-state index contributed by atoms with van der Waals surface area (Å²) in [5.41, 5.74) is 0.870. The first-order chi connectivity index (χ1) is 7.15. The molecule has 1 aromatic rings. The van der Waals surface area contributed by atoms with E-state index in [1.807, 2.05) is 32.0 Å². The first-order valence-corrected chi connectivity index (χ1v) is 5.03. The average molecular weight is 207 g/mol. The van der Waals surface area contributed by atoms with Crippen LogP contribution >= 0.6 is 0 Å². The van der Waals surface area contributed by atoms with Crippen molar-refractivity contribution in [2.24, 2.45) is 0 Å². The molecule has 4 heteroatoms. The molecule has 0 aliphatic heterocycles. The molecule has 0 radical (unpaired) electrons. The molecule has 0 fully saturated rings. The SMILES string of the molecule is CNC(C)C(=O)N[C@@H](C)c1ccccn1. The number of aromatic nitrogens is 1. The normalized spacial score (nSPS) is 14.3. The molecule has 0 aliphatic carbocycles. The third-order valence-corrected chi connectivity index (χ3v) is 2.32. The fourth-order valence-electron chi connectivity index (χ4n) is 1.18. The number of carbonyl (C=O) groups excluding carboxylic acids is 1. The maximum atomic E-state index is 11.6. The van der Waals surface area contributed by atoms with Crippen LogP contribution in [-0.4, -0.2) is 24.0 Å².